The smallest absolute Gasteiger partial charge is 0.134 e. The van der Waals surface area contributed by atoms with E-state index in [9.17, 15) is 5.26 Å². The van der Waals surface area contributed by atoms with Crippen molar-refractivity contribution in [3.8, 4) is 22.9 Å². The van der Waals surface area contributed by atoms with Gasteiger partial charge in [0.2, 0.25) is 0 Å². The molecule has 2 aromatic heterocycles. The molecule has 0 fully saturated rings. The molecular formula is C23H18N4O. The van der Waals surface area contributed by atoms with Crippen LogP contribution in [0.4, 0.5) is 5.82 Å². The number of hydrogen-bond donors (Lipinski definition) is 1. The molecule has 2 heterocycles. The van der Waals surface area contributed by atoms with E-state index >= 15 is 0 Å². The molecule has 0 amide bonds. The molecule has 0 saturated heterocycles. The molecule has 28 heavy (non-hydrogen) atoms. The van der Waals surface area contributed by atoms with Gasteiger partial charge in [0, 0.05) is 41.5 Å². The fourth-order valence-electron chi connectivity index (χ4n) is 3.23. The van der Waals surface area contributed by atoms with Crippen molar-refractivity contribution >= 4 is 16.6 Å². The molecule has 0 saturated carbocycles. The number of benzene rings is 2. The molecule has 5 heteroatoms. The zero-order valence-electron chi connectivity index (χ0n) is 15.4. The first kappa shape index (κ1) is 17.5. The quantitative estimate of drug-likeness (QED) is 0.550. The molecule has 0 unspecified atom stereocenters. The lowest BCUT2D eigenvalue weighted by Gasteiger charge is -2.14. The summed E-state index contributed by atoms with van der Waals surface area (Å²) in [6, 6.07) is 19.7. The van der Waals surface area contributed by atoms with Crippen molar-refractivity contribution < 1.29 is 4.74 Å². The van der Waals surface area contributed by atoms with Gasteiger partial charge in [0.05, 0.1) is 18.7 Å². The van der Waals surface area contributed by atoms with E-state index in [0.29, 0.717) is 12.1 Å². The van der Waals surface area contributed by atoms with Crippen LogP contribution in [0.15, 0.2) is 73.2 Å². The molecule has 5 nitrogen and oxygen atoms in total. The maximum absolute atomic E-state index is 9.68. The number of anilines is 1. The Balaban J connectivity index is 1.83. The minimum atomic E-state index is 0.615. The van der Waals surface area contributed by atoms with Crippen LogP contribution in [-0.4, -0.2) is 17.1 Å². The van der Waals surface area contributed by atoms with Crippen molar-refractivity contribution in [1.29, 1.82) is 5.26 Å². The number of ether oxygens (including phenoxy) is 1. The van der Waals surface area contributed by atoms with Crippen molar-refractivity contribution in [1.82, 2.24) is 9.97 Å². The van der Waals surface area contributed by atoms with E-state index in [2.05, 4.69) is 21.4 Å². The van der Waals surface area contributed by atoms with E-state index in [4.69, 9.17) is 4.74 Å². The van der Waals surface area contributed by atoms with Gasteiger partial charge in [-0.1, -0.05) is 24.3 Å². The van der Waals surface area contributed by atoms with Gasteiger partial charge in [-0.2, -0.15) is 5.26 Å². The Hall–Kier alpha value is -3.91. The maximum Gasteiger partial charge on any atom is 0.134 e. The lowest BCUT2D eigenvalue weighted by Crippen LogP contribution is -2.03. The lowest BCUT2D eigenvalue weighted by atomic mass is 9.96. The number of pyridine rings is 2. The summed E-state index contributed by atoms with van der Waals surface area (Å²) in [6.45, 7) is 0.625. The second-order valence-electron chi connectivity index (χ2n) is 6.30. The van der Waals surface area contributed by atoms with Gasteiger partial charge in [-0.25, -0.2) is 4.98 Å². The Morgan fingerprint density at radius 2 is 1.89 bits per heavy atom. The summed E-state index contributed by atoms with van der Waals surface area (Å²) in [5, 5.41) is 14.9. The maximum atomic E-state index is 9.68. The van der Waals surface area contributed by atoms with E-state index in [0.717, 1.165) is 39.0 Å². The Bertz CT molecular complexity index is 1170. The van der Waals surface area contributed by atoms with Crippen LogP contribution in [-0.2, 0) is 6.54 Å². The predicted octanol–water partition coefficient (Wildman–Crippen LogP) is 4.79. The van der Waals surface area contributed by atoms with Crippen molar-refractivity contribution in [2.75, 3.05) is 12.4 Å². The number of rotatable bonds is 5. The third-order valence-electron chi connectivity index (χ3n) is 4.62. The largest absolute Gasteiger partial charge is 0.497 e. The lowest BCUT2D eigenvalue weighted by molar-refractivity contribution is 0.415. The van der Waals surface area contributed by atoms with Gasteiger partial charge < -0.3 is 10.1 Å². The molecule has 0 atom stereocenters. The summed E-state index contributed by atoms with van der Waals surface area (Å²) >= 11 is 0. The molecule has 0 spiro atoms. The van der Waals surface area contributed by atoms with Crippen LogP contribution in [0, 0.1) is 11.3 Å². The third kappa shape index (κ3) is 3.36. The van der Waals surface area contributed by atoms with Crippen LogP contribution in [0.5, 0.6) is 5.75 Å². The molecule has 0 aliphatic carbocycles. The summed E-state index contributed by atoms with van der Waals surface area (Å²) in [5.74, 6) is 1.51. The molecule has 2 aromatic carbocycles. The number of hydrogen-bond acceptors (Lipinski definition) is 5. The van der Waals surface area contributed by atoms with E-state index in [1.54, 1.807) is 19.5 Å². The average Bonchev–Trinajstić information content (AvgIpc) is 2.77. The first-order chi connectivity index (χ1) is 13.8. The van der Waals surface area contributed by atoms with E-state index in [1.165, 1.54) is 0 Å². The molecule has 0 radical (unpaired) electrons. The zero-order valence-corrected chi connectivity index (χ0v) is 15.4. The summed E-state index contributed by atoms with van der Waals surface area (Å²) in [5.41, 5.74) is 3.59. The van der Waals surface area contributed by atoms with Gasteiger partial charge in [-0.3, -0.25) is 4.98 Å². The summed E-state index contributed by atoms with van der Waals surface area (Å²) in [7, 11) is 1.64. The van der Waals surface area contributed by atoms with E-state index in [-0.39, 0.29) is 0 Å². The molecule has 136 valence electrons. The molecule has 0 bridgehead atoms. The highest BCUT2D eigenvalue weighted by Gasteiger charge is 2.13. The minimum Gasteiger partial charge on any atom is -0.497 e. The Morgan fingerprint density at radius 3 is 2.68 bits per heavy atom. The van der Waals surface area contributed by atoms with Crippen molar-refractivity contribution in [2.45, 2.75) is 6.54 Å². The number of nitriles is 1. The monoisotopic (exact) mass is 366 g/mol. The zero-order chi connectivity index (χ0) is 19.3. The Kier molecular flexibility index (Phi) is 4.85. The number of nitrogens with one attached hydrogen (secondary N) is 1. The highest BCUT2D eigenvalue weighted by Crippen LogP contribution is 2.35. The predicted molar refractivity (Wildman–Crippen MR) is 110 cm³/mol. The molecule has 0 aliphatic heterocycles. The van der Waals surface area contributed by atoms with Gasteiger partial charge in [-0.15, -0.1) is 0 Å². The minimum absolute atomic E-state index is 0.615. The van der Waals surface area contributed by atoms with Gasteiger partial charge in [0.25, 0.3) is 0 Å². The fraction of sp³-hybridized carbons (Fsp3) is 0.0870. The number of methoxy groups -OCH3 is 1. The van der Waals surface area contributed by atoms with Crippen LogP contribution in [0.1, 0.15) is 11.1 Å². The topological polar surface area (TPSA) is 70.8 Å². The first-order valence-electron chi connectivity index (χ1n) is 8.89. The van der Waals surface area contributed by atoms with E-state index < -0.39 is 0 Å². The SMILES string of the molecule is COc1cccc(-c2cnc(NCc3ccncc3)c3cccc(C#N)c23)c1. The van der Waals surface area contributed by atoms with Gasteiger partial charge in [0.15, 0.2) is 0 Å². The highest BCUT2D eigenvalue weighted by atomic mass is 16.5. The van der Waals surface area contributed by atoms with Crippen LogP contribution in [0.2, 0.25) is 0 Å². The normalized spacial score (nSPS) is 10.4. The number of aromatic nitrogens is 2. The summed E-state index contributed by atoms with van der Waals surface area (Å²) in [6.07, 6.45) is 5.34. The van der Waals surface area contributed by atoms with Crippen LogP contribution in [0.25, 0.3) is 21.9 Å². The Morgan fingerprint density at radius 1 is 1.07 bits per heavy atom. The summed E-state index contributed by atoms with van der Waals surface area (Å²) in [4.78, 5) is 8.69. The summed E-state index contributed by atoms with van der Waals surface area (Å²) < 4.78 is 5.35. The standard InChI is InChI=1S/C23H18N4O/c1-28-19-6-2-4-17(12-19)21-15-27-23(26-14-16-8-10-25-11-9-16)20-7-3-5-18(13-24)22(20)21/h2-12,15H,14H2,1H3,(H,26,27). The van der Waals surface area contributed by atoms with Gasteiger partial charge >= 0.3 is 0 Å². The van der Waals surface area contributed by atoms with Crippen molar-refractivity contribution in [3.05, 3.63) is 84.3 Å². The van der Waals surface area contributed by atoms with E-state index in [1.807, 2.05) is 60.8 Å². The van der Waals surface area contributed by atoms with Crippen molar-refractivity contribution in [3.63, 3.8) is 0 Å². The van der Waals surface area contributed by atoms with Crippen LogP contribution in [0.3, 0.4) is 0 Å². The molecule has 0 aliphatic rings. The number of fused-ring (bicyclic) bond motifs is 1. The highest BCUT2D eigenvalue weighted by molar-refractivity contribution is 6.05. The van der Waals surface area contributed by atoms with Crippen LogP contribution >= 0.6 is 0 Å². The second-order valence-corrected chi connectivity index (χ2v) is 6.30. The molecule has 4 rings (SSSR count). The second kappa shape index (κ2) is 7.77. The van der Waals surface area contributed by atoms with Crippen LogP contribution < -0.4 is 10.1 Å². The van der Waals surface area contributed by atoms with Crippen molar-refractivity contribution in [2.24, 2.45) is 0 Å². The number of nitrogens with zero attached hydrogens (tertiary/aromatic N) is 3. The molecule has 4 aromatic rings. The van der Waals surface area contributed by atoms with Gasteiger partial charge in [0.1, 0.15) is 11.6 Å². The third-order valence-corrected chi connectivity index (χ3v) is 4.62. The fourth-order valence-corrected chi connectivity index (χ4v) is 3.23. The molecular weight excluding hydrogens is 348 g/mol. The van der Waals surface area contributed by atoms with Gasteiger partial charge in [-0.05, 0) is 41.5 Å². The Labute approximate surface area is 163 Å². The first-order valence-corrected chi connectivity index (χ1v) is 8.89. The average molecular weight is 366 g/mol. The molecule has 1 N–H and O–H groups in total.